The molecule has 0 saturated heterocycles. The Morgan fingerprint density at radius 1 is 1.21 bits per heavy atom. The molecule has 1 aromatic carbocycles. The Labute approximate surface area is 126 Å². The van der Waals surface area contributed by atoms with Gasteiger partial charge in [0.1, 0.15) is 5.38 Å². The lowest BCUT2D eigenvalue weighted by Gasteiger charge is -2.09. The zero-order valence-electron chi connectivity index (χ0n) is 10.2. The van der Waals surface area contributed by atoms with E-state index in [2.05, 4.69) is 10.6 Å². The van der Waals surface area contributed by atoms with E-state index in [4.69, 9.17) is 34.8 Å². The number of nitrogens with one attached hydrogen (secondary N) is 2. The summed E-state index contributed by atoms with van der Waals surface area (Å²) >= 11 is 17.2. The average Bonchev–Trinajstić information content (AvgIpc) is 2.36. The fourth-order valence-corrected chi connectivity index (χ4v) is 1.72. The Morgan fingerprint density at radius 3 is 2.47 bits per heavy atom. The van der Waals surface area contributed by atoms with Gasteiger partial charge in [0.2, 0.25) is 5.91 Å². The van der Waals surface area contributed by atoms with E-state index in [0.29, 0.717) is 22.2 Å². The van der Waals surface area contributed by atoms with Crippen LogP contribution in [0.1, 0.15) is 17.3 Å². The highest BCUT2D eigenvalue weighted by molar-refractivity contribution is 6.35. The smallest absolute Gasteiger partial charge is 0.252 e. The monoisotopic (exact) mass is 322 g/mol. The van der Waals surface area contributed by atoms with Gasteiger partial charge in [-0.2, -0.15) is 0 Å². The van der Waals surface area contributed by atoms with Gasteiger partial charge >= 0.3 is 0 Å². The van der Waals surface area contributed by atoms with Crippen LogP contribution < -0.4 is 10.6 Å². The summed E-state index contributed by atoms with van der Waals surface area (Å²) < 4.78 is 0. The maximum atomic E-state index is 11.8. The van der Waals surface area contributed by atoms with Gasteiger partial charge in [-0.25, -0.2) is 0 Å². The third-order valence-electron chi connectivity index (χ3n) is 2.24. The molecule has 7 heteroatoms. The van der Waals surface area contributed by atoms with Crippen molar-refractivity contribution in [2.24, 2.45) is 0 Å². The topological polar surface area (TPSA) is 58.2 Å². The van der Waals surface area contributed by atoms with Gasteiger partial charge < -0.3 is 10.6 Å². The van der Waals surface area contributed by atoms with Crippen LogP contribution in [-0.4, -0.2) is 30.3 Å². The minimum atomic E-state index is -0.599. The Morgan fingerprint density at radius 2 is 1.84 bits per heavy atom. The van der Waals surface area contributed by atoms with Crippen LogP contribution in [0.15, 0.2) is 18.2 Å². The molecule has 4 nitrogen and oxygen atoms in total. The summed E-state index contributed by atoms with van der Waals surface area (Å²) in [7, 11) is 0. The van der Waals surface area contributed by atoms with Crippen LogP contribution in [-0.2, 0) is 4.79 Å². The SMILES string of the molecule is CC(Cl)C(=O)NCCNC(=O)c1cc(Cl)ccc1Cl. The van der Waals surface area contributed by atoms with Crippen molar-refractivity contribution in [3.8, 4) is 0 Å². The third kappa shape index (κ3) is 5.27. The van der Waals surface area contributed by atoms with E-state index in [1.54, 1.807) is 19.1 Å². The molecule has 1 atom stereocenters. The summed E-state index contributed by atoms with van der Waals surface area (Å²) in [6, 6.07) is 4.64. The molecule has 1 aromatic rings. The number of benzene rings is 1. The maximum absolute atomic E-state index is 11.8. The molecule has 0 spiro atoms. The summed E-state index contributed by atoms with van der Waals surface area (Å²) in [5.41, 5.74) is 0.297. The second-order valence-corrected chi connectivity index (χ2v) is 5.29. The Balaban J connectivity index is 2.44. The van der Waals surface area contributed by atoms with Crippen molar-refractivity contribution in [1.29, 1.82) is 0 Å². The fourth-order valence-electron chi connectivity index (χ4n) is 1.27. The minimum Gasteiger partial charge on any atom is -0.353 e. The third-order valence-corrected chi connectivity index (χ3v) is 3.01. The first-order valence-electron chi connectivity index (χ1n) is 5.57. The second kappa shape index (κ2) is 7.58. The van der Waals surface area contributed by atoms with Crippen molar-refractivity contribution < 1.29 is 9.59 Å². The summed E-state index contributed by atoms with van der Waals surface area (Å²) in [4.78, 5) is 23.0. The Bertz CT molecular complexity index is 478. The van der Waals surface area contributed by atoms with Gasteiger partial charge in [-0.3, -0.25) is 9.59 Å². The van der Waals surface area contributed by atoms with Gasteiger partial charge in [0.05, 0.1) is 10.6 Å². The lowest BCUT2D eigenvalue weighted by Crippen LogP contribution is -2.37. The van der Waals surface area contributed by atoms with E-state index in [9.17, 15) is 9.59 Å². The molecule has 0 saturated carbocycles. The molecular weight excluding hydrogens is 311 g/mol. The van der Waals surface area contributed by atoms with Crippen LogP contribution in [0.25, 0.3) is 0 Å². The minimum absolute atomic E-state index is 0.275. The number of alkyl halides is 1. The molecule has 1 unspecified atom stereocenters. The molecule has 19 heavy (non-hydrogen) atoms. The highest BCUT2D eigenvalue weighted by Gasteiger charge is 2.11. The summed E-state index contributed by atoms with van der Waals surface area (Å²) in [6.45, 7) is 2.14. The number of carbonyl (C=O) groups excluding carboxylic acids is 2. The zero-order chi connectivity index (χ0) is 14.4. The molecule has 104 valence electrons. The molecule has 0 aliphatic carbocycles. The molecule has 0 aliphatic heterocycles. The van der Waals surface area contributed by atoms with Gasteiger partial charge in [0.25, 0.3) is 5.91 Å². The summed E-state index contributed by atoms with van der Waals surface area (Å²) in [6.07, 6.45) is 0. The maximum Gasteiger partial charge on any atom is 0.252 e. The first-order valence-corrected chi connectivity index (χ1v) is 6.76. The fraction of sp³-hybridized carbons (Fsp3) is 0.333. The van der Waals surface area contributed by atoms with E-state index in [0.717, 1.165) is 0 Å². The van der Waals surface area contributed by atoms with E-state index in [1.807, 2.05) is 0 Å². The Hall–Kier alpha value is -0.970. The number of amides is 2. The molecule has 1 rings (SSSR count). The predicted molar refractivity (Wildman–Crippen MR) is 77.1 cm³/mol. The number of hydrogen-bond donors (Lipinski definition) is 2. The highest BCUT2D eigenvalue weighted by Crippen LogP contribution is 2.20. The van der Waals surface area contributed by atoms with Crippen molar-refractivity contribution in [2.75, 3.05) is 13.1 Å². The van der Waals surface area contributed by atoms with Crippen molar-refractivity contribution in [2.45, 2.75) is 12.3 Å². The van der Waals surface area contributed by atoms with E-state index >= 15 is 0 Å². The van der Waals surface area contributed by atoms with Gasteiger partial charge in [-0.1, -0.05) is 23.2 Å². The molecule has 0 bridgehead atoms. The van der Waals surface area contributed by atoms with Crippen LogP contribution in [0.5, 0.6) is 0 Å². The van der Waals surface area contributed by atoms with Crippen LogP contribution in [0, 0.1) is 0 Å². The van der Waals surface area contributed by atoms with Crippen LogP contribution in [0.3, 0.4) is 0 Å². The summed E-state index contributed by atoms with van der Waals surface area (Å²) in [5.74, 6) is -0.627. The molecule has 2 N–H and O–H groups in total. The standard InChI is InChI=1S/C12H13Cl3N2O2/c1-7(13)11(18)16-4-5-17-12(19)9-6-8(14)2-3-10(9)15/h2-3,6-7H,4-5H2,1H3,(H,16,18)(H,17,19). The largest absolute Gasteiger partial charge is 0.353 e. The summed E-state index contributed by atoms with van der Waals surface area (Å²) in [5, 5.41) is 5.34. The highest BCUT2D eigenvalue weighted by atomic mass is 35.5. The van der Waals surface area contributed by atoms with E-state index in [1.165, 1.54) is 6.07 Å². The molecular formula is C12H13Cl3N2O2. The van der Waals surface area contributed by atoms with Crippen molar-refractivity contribution >= 4 is 46.6 Å². The van der Waals surface area contributed by atoms with Crippen molar-refractivity contribution in [3.63, 3.8) is 0 Å². The quantitative estimate of drug-likeness (QED) is 0.646. The lowest BCUT2D eigenvalue weighted by atomic mass is 10.2. The zero-order valence-corrected chi connectivity index (χ0v) is 12.4. The first-order chi connectivity index (χ1) is 8.91. The number of hydrogen-bond acceptors (Lipinski definition) is 2. The van der Waals surface area contributed by atoms with Crippen LogP contribution in [0.4, 0.5) is 0 Å². The van der Waals surface area contributed by atoms with Crippen molar-refractivity contribution in [3.05, 3.63) is 33.8 Å². The van der Waals surface area contributed by atoms with Gasteiger partial charge in [-0.15, -0.1) is 11.6 Å². The number of carbonyl (C=O) groups is 2. The second-order valence-electron chi connectivity index (χ2n) is 3.79. The molecule has 0 aromatic heterocycles. The molecule has 2 amide bonds. The molecule has 0 radical (unpaired) electrons. The van der Waals surface area contributed by atoms with Gasteiger partial charge in [-0.05, 0) is 25.1 Å². The number of halogens is 3. The molecule has 0 heterocycles. The van der Waals surface area contributed by atoms with Gasteiger partial charge in [0, 0.05) is 18.1 Å². The predicted octanol–water partition coefficient (Wildman–Crippen LogP) is 2.47. The average molecular weight is 324 g/mol. The first kappa shape index (κ1) is 16.1. The lowest BCUT2D eigenvalue weighted by molar-refractivity contribution is -0.120. The molecule has 0 aliphatic rings. The Kier molecular flexibility index (Phi) is 6.42. The van der Waals surface area contributed by atoms with Crippen molar-refractivity contribution in [1.82, 2.24) is 10.6 Å². The van der Waals surface area contributed by atoms with Crippen LogP contribution >= 0.6 is 34.8 Å². The number of rotatable bonds is 5. The van der Waals surface area contributed by atoms with E-state index < -0.39 is 5.38 Å². The van der Waals surface area contributed by atoms with Crippen LogP contribution in [0.2, 0.25) is 10.0 Å². The molecule has 0 fully saturated rings. The van der Waals surface area contributed by atoms with Gasteiger partial charge in [0.15, 0.2) is 0 Å². The normalized spacial score (nSPS) is 11.8. The van der Waals surface area contributed by atoms with E-state index in [-0.39, 0.29) is 18.4 Å².